The lowest BCUT2D eigenvalue weighted by Gasteiger charge is -2.34. The molecular formula is C27H30N8O3. The lowest BCUT2D eigenvalue weighted by Crippen LogP contribution is -2.44. The van der Waals surface area contributed by atoms with E-state index in [1.165, 1.54) is 0 Å². The summed E-state index contributed by atoms with van der Waals surface area (Å²) in [6, 6.07) is 11.5. The monoisotopic (exact) mass is 514 g/mol. The lowest BCUT2D eigenvalue weighted by molar-refractivity contribution is 0.311. The summed E-state index contributed by atoms with van der Waals surface area (Å²) in [5.41, 5.74) is 2.13. The number of pyridine rings is 1. The molecule has 196 valence electrons. The number of hydrogen-bond donors (Lipinski definition) is 1. The van der Waals surface area contributed by atoms with Gasteiger partial charge in [0.15, 0.2) is 11.5 Å². The second-order valence-electron chi connectivity index (χ2n) is 9.37. The average Bonchev–Trinajstić information content (AvgIpc) is 3.20. The maximum atomic E-state index is 13.3. The smallest absolute Gasteiger partial charge is 0.278 e. The van der Waals surface area contributed by atoms with Gasteiger partial charge in [0.25, 0.3) is 5.56 Å². The number of likely N-dealkylation sites (N-methyl/N-ethyl adjacent to an activating group) is 1. The van der Waals surface area contributed by atoms with Crippen molar-refractivity contribution < 1.29 is 9.47 Å². The molecule has 1 fully saturated rings. The third-order valence-corrected chi connectivity index (χ3v) is 6.86. The van der Waals surface area contributed by atoms with Crippen LogP contribution in [0.5, 0.6) is 11.6 Å². The molecule has 1 N–H and O–H groups in total. The molecule has 1 aromatic carbocycles. The molecular weight excluding hydrogens is 484 g/mol. The highest BCUT2D eigenvalue weighted by atomic mass is 16.5. The zero-order valence-corrected chi connectivity index (χ0v) is 21.5. The molecule has 1 saturated heterocycles. The molecule has 0 aliphatic carbocycles. The largest absolute Gasteiger partial charge is 0.495 e. The van der Waals surface area contributed by atoms with E-state index in [0.717, 1.165) is 49.7 Å². The van der Waals surface area contributed by atoms with Gasteiger partial charge in [-0.15, -0.1) is 0 Å². The Bertz CT molecular complexity index is 1550. The molecule has 2 aliphatic rings. The molecule has 38 heavy (non-hydrogen) atoms. The van der Waals surface area contributed by atoms with Gasteiger partial charge < -0.3 is 24.6 Å². The molecule has 0 amide bonds. The van der Waals surface area contributed by atoms with Crippen LogP contribution in [-0.4, -0.2) is 76.2 Å². The van der Waals surface area contributed by atoms with Crippen LogP contribution in [0, 0.1) is 0 Å². The number of fused-ring (bicyclic) bond motifs is 6. The summed E-state index contributed by atoms with van der Waals surface area (Å²) < 4.78 is 14.8. The Kier molecular flexibility index (Phi) is 6.42. The molecule has 11 nitrogen and oxygen atoms in total. The van der Waals surface area contributed by atoms with Crippen LogP contribution in [0.3, 0.4) is 0 Å². The Morgan fingerprint density at radius 1 is 1.05 bits per heavy atom. The highest BCUT2D eigenvalue weighted by Gasteiger charge is 2.20. The number of nitrogens with zero attached hydrogens (tertiary/aromatic N) is 7. The van der Waals surface area contributed by atoms with Gasteiger partial charge in [0.05, 0.1) is 25.9 Å². The highest BCUT2D eigenvalue weighted by Crippen LogP contribution is 2.33. The molecule has 0 saturated carbocycles. The Morgan fingerprint density at radius 2 is 1.92 bits per heavy atom. The molecule has 0 spiro atoms. The fourth-order valence-corrected chi connectivity index (χ4v) is 4.81. The first kappa shape index (κ1) is 24.0. The molecule has 5 heterocycles. The Morgan fingerprint density at radius 3 is 2.76 bits per heavy atom. The van der Waals surface area contributed by atoms with Crippen LogP contribution in [0.1, 0.15) is 6.42 Å². The predicted octanol–water partition coefficient (Wildman–Crippen LogP) is 2.82. The van der Waals surface area contributed by atoms with Crippen LogP contribution >= 0.6 is 0 Å². The van der Waals surface area contributed by atoms with Gasteiger partial charge in [-0.2, -0.15) is 9.97 Å². The number of piperazine rings is 1. The van der Waals surface area contributed by atoms with Crippen molar-refractivity contribution in [2.24, 2.45) is 0 Å². The fraction of sp³-hybridized carbons (Fsp3) is 0.333. The number of hydrogen-bond acceptors (Lipinski definition) is 9. The molecule has 2 bridgehead atoms. The van der Waals surface area contributed by atoms with E-state index in [4.69, 9.17) is 14.5 Å². The number of anilines is 3. The average molecular weight is 515 g/mol. The zero-order valence-electron chi connectivity index (χ0n) is 21.5. The third kappa shape index (κ3) is 4.56. The minimum absolute atomic E-state index is 0.179. The molecule has 3 aromatic heterocycles. The van der Waals surface area contributed by atoms with Crippen LogP contribution in [0.25, 0.3) is 16.9 Å². The summed E-state index contributed by atoms with van der Waals surface area (Å²) >= 11 is 0. The highest BCUT2D eigenvalue weighted by molar-refractivity contribution is 5.77. The van der Waals surface area contributed by atoms with E-state index in [-0.39, 0.29) is 5.56 Å². The minimum Gasteiger partial charge on any atom is -0.495 e. The summed E-state index contributed by atoms with van der Waals surface area (Å²) in [7, 11) is 3.82. The number of methoxy groups -OCH3 is 1. The maximum Gasteiger partial charge on any atom is 0.278 e. The van der Waals surface area contributed by atoms with Gasteiger partial charge in [0, 0.05) is 50.2 Å². The summed E-state index contributed by atoms with van der Waals surface area (Å²) in [6.07, 6.45) is 6.24. The third-order valence-electron chi connectivity index (χ3n) is 6.86. The van der Waals surface area contributed by atoms with Gasteiger partial charge >= 0.3 is 0 Å². The van der Waals surface area contributed by atoms with Gasteiger partial charge in [0.1, 0.15) is 11.1 Å². The number of ether oxygens (including phenoxy) is 2. The maximum absolute atomic E-state index is 13.3. The summed E-state index contributed by atoms with van der Waals surface area (Å²) in [5.74, 6) is 2.19. The van der Waals surface area contributed by atoms with Crippen LogP contribution in [0.4, 0.5) is 17.3 Å². The van der Waals surface area contributed by atoms with E-state index in [2.05, 4.69) is 38.2 Å². The molecule has 0 atom stereocenters. The van der Waals surface area contributed by atoms with Gasteiger partial charge in [0.2, 0.25) is 11.8 Å². The van der Waals surface area contributed by atoms with E-state index in [9.17, 15) is 4.79 Å². The summed E-state index contributed by atoms with van der Waals surface area (Å²) in [5, 5.41) is 3.69. The quantitative estimate of drug-likeness (QED) is 0.412. The predicted molar refractivity (Wildman–Crippen MR) is 146 cm³/mol. The topological polar surface area (TPSA) is 103 Å². The summed E-state index contributed by atoms with van der Waals surface area (Å²) in [6.45, 7) is 4.82. The van der Waals surface area contributed by atoms with Crippen molar-refractivity contribution in [3.8, 4) is 17.4 Å². The van der Waals surface area contributed by atoms with Crippen molar-refractivity contribution in [2.45, 2.75) is 13.0 Å². The van der Waals surface area contributed by atoms with E-state index in [1.807, 2.05) is 36.4 Å². The Balaban J connectivity index is 1.37. The molecule has 6 rings (SSSR count). The van der Waals surface area contributed by atoms with Crippen molar-refractivity contribution in [3.05, 3.63) is 65.1 Å². The van der Waals surface area contributed by atoms with Crippen LogP contribution in [0.2, 0.25) is 0 Å². The van der Waals surface area contributed by atoms with E-state index >= 15 is 0 Å². The fourth-order valence-electron chi connectivity index (χ4n) is 4.81. The van der Waals surface area contributed by atoms with Crippen molar-refractivity contribution in [2.75, 3.05) is 57.2 Å². The molecule has 0 unspecified atom stereocenters. The van der Waals surface area contributed by atoms with Gasteiger partial charge in [-0.05, 0) is 31.7 Å². The van der Waals surface area contributed by atoms with E-state index in [1.54, 1.807) is 28.7 Å². The SMILES string of the molecule is COc1cc(Nc2ncc3c(=O)n4n(c3n2)-c2cccc(n2)OCC/C=C\C4)ccc1N1CCN(C)CC1. The van der Waals surface area contributed by atoms with Gasteiger partial charge in [-0.3, -0.25) is 4.79 Å². The Hall–Kier alpha value is -4.38. The van der Waals surface area contributed by atoms with Gasteiger partial charge in [-0.1, -0.05) is 18.2 Å². The number of allylic oxidation sites excluding steroid dienone is 1. The van der Waals surface area contributed by atoms with Crippen molar-refractivity contribution in [1.82, 2.24) is 29.2 Å². The number of benzene rings is 1. The first-order valence-corrected chi connectivity index (χ1v) is 12.7. The van der Waals surface area contributed by atoms with Crippen molar-refractivity contribution in [1.29, 1.82) is 0 Å². The van der Waals surface area contributed by atoms with E-state index < -0.39 is 0 Å². The summed E-state index contributed by atoms with van der Waals surface area (Å²) in [4.78, 5) is 31.8. The van der Waals surface area contributed by atoms with Crippen LogP contribution < -0.4 is 25.2 Å². The van der Waals surface area contributed by atoms with Crippen LogP contribution in [-0.2, 0) is 6.54 Å². The Labute approximate surface area is 219 Å². The number of aromatic nitrogens is 5. The normalized spacial score (nSPS) is 16.8. The van der Waals surface area contributed by atoms with Gasteiger partial charge in [-0.25, -0.2) is 14.3 Å². The second-order valence-corrected chi connectivity index (χ2v) is 9.37. The molecule has 2 aliphatic heterocycles. The molecule has 11 heteroatoms. The first-order valence-electron chi connectivity index (χ1n) is 12.7. The number of nitrogens with one attached hydrogen (secondary N) is 1. The van der Waals surface area contributed by atoms with E-state index in [0.29, 0.717) is 41.8 Å². The standard InChI is InChI=1S/C27H30N8O3/c1-32-12-14-33(15-13-32)21-10-9-19(17-22(21)37-2)29-27-28-18-20-25(31-27)35-23-7-6-8-24(30-23)38-16-5-3-4-11-34(35)26(20)36/h3-4,6-10,17-18H,5,11-16H2,1-2H3,(H,28,29,31)/b4-3-. The lowest BCUT2D eigenvalue weighted by atomic mass is 10.2. The second kappa shape index (κ2) is 10.2. The molecule has 4 aromatic rings. The molecule has 0 radical (unpaired) electrons. The van der Waals surface area contributed by atoms with Crippen molar-refractivity contribution >= 4 is 28.4 Å². The van der Waals surface area contributed by atoms with Crippen molar-refractivity contribution in [3.63, 3.8) is 0 Å². The van der Waals surface area contributed by atoms with Crippen LogP contribution in [0.15, 0.2) is 59.5 Å². The first-order chi connectivity index (χ1) is 18.6. The number of rotatable bonds is 4. The minimum atomic E-state index is -0.179. The zero-order chi connectivity index (χ0) is 26.1.